The standard InChI is InChI=1S/C19H25NO3/c1-12(2)7-15-11-23-18-9-13(3-4-16(15)18)8-17(19(21)22)14-5-6-20-10-14/h3-4,9,11-12,14,17,20H,5-8,10H2,1-2H3,(H,21,22). The molecule has 2 unspecified atom stereocenters. The van der Waals surface area contributed by atoms with Gasteiger partial charge in [-0.15, -0.1) is 0 Å². The summed E-state index contributed by atoms with van der Waals surface area (Å²) in [5.41, 5.74) is 3.14. The fourth-order valence-corrected chi connectivity index (χ4v) is 3.58. The molecule has 2 aromatic rings. The summed E-state index contributed by atoms with van der Waals surface area (Å²) in [6.45, 7) is 6.11. The second kappa shape index (κ2) is 6.75. The highest BCUT2D eigenvalue weighted by molar-refractivity contribution is 5.82. The number of benzene rings is 1. The van der Waals surface area contributed by atoms with Gasteiger partial charge in [-0.25, -0.2) is 0 Å². The Kier molecular flexibility index (Phi) is 4.71. The number of fused-ring (bicyclic) bond motifs is 1. The van der Waals surface area contributed by atoms with Crippen LogP contribution in [0.15, 0.2) is 28.9 Å². The van der Waals surface area contributed by atoms with Crippen molar-refractivity contribution >= 4 is 16.9 Å². The number of carboxylic acid groups (broad SMARTS) is 1. The molecule has 0 spiro atoms. The maximum absolute atomic E-state index is 11.6. The Balaban J connectivity index is 1.81. The monoisotopic (exact) mass is 315 g/mol. The van der Waals surface area contributed by atoms with E-state index in [1.807, 2.05) is 12.3 Å². The van der Waals surface area contributed by atoms with Crippen molar-refractivity contribution in [1.82, 2.24) is 5.32 Å². The number of rotatable bonds is 6. The highest BCUT2D eigenvalue weighted by Gasteiger charge is 2.30. The molecule has 4 heteroatoms. The summed E-state index contributed by atoms with van der Waals surface area (Å²) < 4.78 is 5.70. The maximum Gasteiger partial charge on any atom is 0.307 e. The first-order chi connectivity index (χ1) is 11.0. The fraction of sp³-hybridized carbons (Fsp3) is 0.526. The van der Waals surface area contributed by atoms with Crippen LogP contribution >= 0.6 is 0 Å². The number of hydrogen-bond acceptors (Lipinski definition) is 3. The molecule has 0 saturated carbocycles. The minimum absolute atomic E-state index is 0.219. The van der Waals surface area contributed by atoms with E-state index in [-0.39, 0.29) is 11.8 Å². The Morgan fingerprint density at radius 2 is 2.22 bits per heavy atom. The minimum atomic E-state index is -0.696. The predicted molar refractivity (Wildman–Crippen MR) is 90.6 cm³/mol. The number of carboxylic acids is 1. The quantitative estimate of drug-likeness (QED) is 0.856. The number of aliphatic carboxylic acids is 1. The van der Waals surface area contributed by atoms with E-state index in [9.17, 15) is 9.90 Å². The zero-order chi connectivity index (χ0) is 16.4. The average molecular weight is 315 g/mol. The number of nitrogens with one attached hydrogen (secondary N) is 1. The van der Waals surface area contributed by atoms with Gasteiger partial charge in [-0.1, -0.05) is 26.0 Å². The Bertz CT molecular complexity index is 683. The van der Waals surface area contributed by atoms with Crippen molar-refractivity contribution in [2.75, 3.05) is 13.1 Å². The summed E-state index contributed by atoms with van der Waals surface area (Å²) in [4.78, 5) is 11.6. The van der Waals surface area contributed by atoms with Gasteiger partial charge in [-0.2, -0.15) is 0 Å². The van der Waals surface area contributed by atoms with Crippen molar-refractivity contribution in [3.63, 3.8) is 0 Å². The normalized spacial score (nSPS) is 19.5. The summed E-state index contributed by atoms with van der Waals surface area (Å²) in [5.74, 6) is -0.218. The van der Waals surface area contributed by atoms with Crippen LogP contribution in [-0.2, 0) is 17.6 Å². The van der Waals surface area contributed by atoms with Crippen LogP contribution in [0.25, 0.3) is 11.0 Å². The van der Waals surface area contributed by atoms with E-state index in [0.29, 0.717) is 12.3 Å². The molecule has 23 heavy (non-hydrogen) atoms. The maximum atomic E-state index is 11.6. The van der Waals surface area contributed by atoms with Crippen LogP contribution in [0.5, 0.6) is 0 Å². The van der Waals surface area contributed by atoms with Gasteiger partial charge in [0.15, 0.2) is 0 Å². The van der Waals surface area contributed by atoms with Gasteiger partial charge < -0.3 is 14.8 Å². The van der Waals surface area contributed by atoms with Crippen molar-refractivity contribution in [2.45, 2.75) is 33.1 Å². The second-order valence-corrected chi connectivity index (χ2v) is 7.09. The molecule has 0 amide bonds. The van der Waals surface area contributed by atoms with Crippen LogP contribution in [0.3, 0.4) is 0 Å². The van der Waals surface area contributed by atoms with Gasteiger partial charge >= 0.3 is 5.97 Å². The van der Waals surface area contributed by atoms with E-state index in [0.717, 1.165) is 42.5 Å². The molecular formula is C19H25NO3. The zero-order valence-electron chi connectivity index (χ0n) is 13.8. The summed E-state index contributed by atoms with van der Waals surface area (Å²) >= 11 is 0. The molecule has 3 rings (SSSR count). The molecule has 0 radical (unpaired) electrons. The van der Waals surface area contributed by atoms with Gasteiger partial charge in [0.05, 0.1) is 12.2 Å². The van der Waals surface area contributed by atoms with E-state index in [1.54, 1.807) is 0 Å². The molecule has 1 aliphatic rings. The molecule has 1 fully saturated rings. The highest BCUT2D eigenvalue weighted by atomic mass is 16.4. The lowest BCUT2D eigenvalue weighted by Gasteiger charge is -2.18. The van der Waals surface area contributed by atoms with Gasteiger partial charge in [-0.3, -0.25) is 4.79 Å². The number of carbonyl (C=O) groups is 1. The third kappa shape index (κ3) is 3.58. The molecule has 1 aromatic heterocycles. The molecule has 1 aliphatic heterocycles. The average Bonchev–Trinajstić information content (AvgIpc) is 3.14. The van der Waals surface area contributed by atoms with Crippen LogP contribution in [-0.4, -0.2) is 24.2 Å². The van der Waals surface area contributed by atoms with Gasteiger partial charge in [0, 0.05) is 5.39 Å². The zero-order valence-corrected chi connectivity index (χ0v) is 13.8. The smallest absolute Gasteiger partial charge is 0.307 e. The van der Waals surface area contributed by atoms with Gasteiger partial charge in [0.25, 0.3) is 0 Å². The van der Waals surface area contributed by atoms with Crippen LogP contribution in [0.1, 0.15) is 31.4 Å². The first kappa shape index (κ1) is 16.1. The molecule has 2 heterocycles. The van der Waals surface area contributed by atoms with E-state index in [4.69, 9.17) is 4.42 Å². The molecular weight excluding hydrogens is 290 g/mol. The lowest BCUT2D eigenvalue weighted by molar-refractivity contribution is -0.143. The van der Waals surface area contributed by atoms with Crippen molar-refractivity contribution in [3.8, 4) is 0 Å². The summed E-state index contributed by atoms with van der Waals surface area (Å²) in [6, 6.07) is 6.15. The molecule has 124 valence electrons. The predicted octanol–water partition coefficient (Wildman–Crippen LogP) is 3.48. The number of hydrogen-bond donors (Lipinski definition) is 2. The van der Waals surface area contributed by atoms with E-state index in [1.165, 1.54) is 5.56 Å². The van der Waals surface area contributed by atoms with Gasteiger partial charge in [0.2, 0.25) is 0 Å². The fourth-order valence-electron chi connectivity index (χ4n) is 3.58. The van der Waals surface area contributed by atoms with Gasteiger partial charge in [0.1, 0.15) is 5.58 Å². The number of furan rings is 1. The largest absolute Gasteiger partial charge is 0.481 e. The summed E-state index contributed by atoms with van der Waals surface area (Å²) in [5, 5.41) is 14.0. The lowest BCUT2D eigenvalue weighted by atomic mass is 9.86. The molecule has 2 atom stereocenters. The Morgan fingerprint density at radius 3 is 2.87 bits per heavy atom. The third-order valence-corrected chi connectivity index (χ3v) is 4.79. The molecule has 4 nitrogen and oxygen atoms in total. The first-order valence-corrected chi connectivity index (χ1v) is 8.47. The molecule has 0 bridgehead atoms. The molecule has 1 saturated heterocycles. The summed E-state index contributed by atoms with van der Waals surface area (Å²) in [6.07, 6.45) is 4.35. The van der Waals surface area contributed by atoms with Crippen molar-refractivity contribution in [2.24, 2.45) is 17.8 Å². The Morgan fingerprint density at radius 1 is 1.39 bits per heavy atom. The molecule has 2 N–H and O–H groups in total. The topological polar surface area (TPSA) is 62.5 Å². The Hall–Kier alpha value is -1.81. The van der Waals surface area contributed by atoms with Crippen LogP contribution in [0.4, 0.5) is 0 Å². The van der Waals surface area contributed by atoms with Crippen molar-refractivity contribution < 1.29 is 14.3 Å². The van der Waals surface area contributed by atoms with E-state index in [2.05, 4.69) is 31.3 Å². The van der Waals surface area contributed by atoms with Crippen molar-refractivity contribution in [3.05, 3.63) is 35.6 Å². The highest BCUT2D eigenvalue weighted by Crippen LogP contribution is 2.28. The van der Waals surface area contributed by atoms with Crippen LogP contribution in [0, 0.1) is 17.8 Å². The van der Waals surface area contributed by atoms with Gasteiger partial charge in [-0.05, 0) is 61.4 Å². The second-order valence-electron chi connectivity index (χ2n) is 7.09. The third-order valence-electron chi connectivity index (χ3n) is 4.79. The SMILES string of the molecule is CC(C)Cc1coc2cc(CC(C(=O)O)C3CCNC3)ccc12. The summed E-state index contributed by atoms with van der Waals surface area (Å²) in [7, 11) is 0. The van der Waals surface area contributed by atoms with Crippen LogP contribution < -0.4 is 5.32 Å². The lowest BCUT2D eigenvalue weighted by Crippen LogP contribution is -2.27. The Labute approximate surface area is 136 Å². The molecule has 0 aliphatic carbocycles. The van der Waals surface area contributed by atoms with Crippen molar-refractivity contribution in [1.29, 1.82) is 0 Å². The van der Waals surface area contributed by atoms with E-state index >= 15 is 0 Å². The molecule has 1 aromatic carbocycles. The minimum Gasteiger partial charge on any atom is -0.481 e. The first-order valence-electron chi connectivity index (χ1n) is 8.47. The van der Waals surface area contributed by atoms with E-state index < -0.39 is 5.97 Å². The van der Waals surface area contributed by atoms with Crippen LogP contribution in [0.2, 0.25) is 0 Å².